The second-order valence-corrected chi connectivity index (χ2v) is 6.76. The van der Waals surface area contributed by atoms with Crippen LogP contribution >= 0.6 is 11.3 Å². The van der Waals surface area contributed by atoms with E-state index >= 15 is 0 Å². The van der Waals surface area contributed by atoms with Crippen molar-refractivity contribution < 1.29 is 4.74 Å². The average molecular weight is 298 g/mol. The van der Waals surface area contributed by atoms with E-state index in [1.165, 1.54) is 10.6 Å². The van der Waals surface area contributed by atoms with Gasteiger partial charge in [-0.1, -0.05) is 34.6 Å². The maximum absolute atomic E-state index is 5.83. The summed E-state index contributed by atoms with van der Waals surface area (Å²) in [6.07, 6.45) is 2.98. The molecule has 0 fully saturated rings. The topological polar surface area (TPSA) is 34.1 Å². The van der Waals surface area contributed by atoms with Crippen LogP contribution in [-0.4, -0.2) is 18.6 Å². The van der Waals surface area contributed by atoms with E-state index in [9.17, 15) is 0 Å². The summed E-state index contributed by atoms with van der Waals surface area (Å²) in [5, 5.41) is 4.57. The first kappa shape index (κ1) is 17.6. The number of hydrogen-bond donors (Lipinski definition) is 1. The third kappa shape index (κ3) is 4.03. The summed E-state index contributed by atoms with van der Waals surface area (Å²) in [5.41, 5.74) is 1.05. The van der Waals surface area contributed by atoms with Crippen LogP contribution in [0.1, 0.15) is 63.0 Å². The van der Waals surface area contributed by atoms with Crippen LogP contribution in [0.3, 0.4) is 0 Å². The third-order valence-electron chi connectivity index (χ3n) is 3.84. The fourth-order valence-electron chi connectivity index (χ4n) is 2.43. The molecule has 1 rings (SSSR count). The van der Waals surface area contributed by atoms with Crippen LogP contribution < -0.4 is 5.32 Å². The zero-order chi connectivity index (χ0) is 15.2. The lowest BCUT2D eigenvalue weighted by molar-refractivity contribution is -0.0220. The number of methoxy groups -OCH3 is 1. The predicted octanol–water partition coefficient (Wildman–Crippen LogP) is 4.11. The van der Waals surface area contributed by atoms with Gasteiger partial charge in [0.25, 0.3) is 0 Å². The molecule has 0 aliphatic rings. The molecule has 20 heavy (non-hydrogen) atoms. The minimum Gasteiger partial charge on any atom is -0.371 e. The van der Waals surface area contributed by atoms with Gasteiger partial charge in [0.15, 0.2) is 0 Å². The fourth-order valence-corrected chi connectivity index (χ4v) is 3.80. The Balaban J connectivity index is 3.11. The van der Waals surface area contributed by atoms with Crippen LogP contribution in [0.15, 0.2) is 0 Å². The van der Waals surface area contributed by atoms with Gasteiger partial charge < -0.3 is 10.1 Å². The Morgan fingerprint density at radius 1 is 1.25 bits per heavy atom. The molecule has 3 nitrogen and oxygen atoms in total. The molecule has 1 aromatic rings. The molecule has 0 saturated carbocycles. The number of aromatic nitrogens is 1. The molecule has 0 spiro atoms. The van der Waals surface area contributed by atoms with Gasteiger partial charge in [0.05, 0.1) is 5.69 Å². The van der Waals surface area contributed by atoms with Crippen LogP contribution in [0.4, 0.5) is 0 Å². The molecule has 0 saturated heterocycles. The van der Waals surface area contributed by atoms with Crippen LogP contribution in [0.2, 0.25) is 0 Å². The Kier molecular flexibility index (Phi) is 7.13. The molecule has 0 radical (unpaired) electrons. The van der Waals surface area contributed by atoms with Crippen LogP contribution in [-0.2, 0) is 23.3 Å². The number of nitrogens with zero attached hydrogens (tertiary/aromatic N) is 1. The normalized spacial score (nSPS) is 12.3. The summed E-state index contributed by atoms with van der Waals surface area (Å²) in [4.78, 5) is 6.32. The Morgan fingerprint density at radius 2 is 1.90 bits per heavy atom. The van der Waals surface area contributed by atoms with Gasteiger partial charge in [-0.2, -0.15) is 0 Å². The molecule has 1 heterocycles. The number of thiazole rings is 1. The van der Waals surface area contributed by atoms with Gasteiger partial charge >= 0.3 is 0 Å². The molecule has 0 aromatic carbocycles. The SMILES string of the molecule is CCNCc1sc(C(CC)(CC)OC)nc1CC(C)C. The highest BCUT2D eigenvalue weighted by atomic mass is 32.1. The van der Waals surface area contributed by atoms with Crippen molar-refractivity contribution in [2.75, 3.05) is 13.7 Å². The number of rotatable bonds is 9. The molecule has 0 unspecified atom stereocenters. The molecule has 0 atom stereocenters. The fraction of sp³-hybridized carbons (Fsp3) is 0.812. The molecule has 1 N–H and O–H groups in total. The molecule has 116 valence electrons. The van der Waals surface area contributed by atoms with E-state index in [4.69, 9.17) is 9.72 Å². The minimum atomic E-state index is -0.207. The van der Waals surface area contributed by atoms with Gasteiger partial charge in [0.2, 0.25) is 0 Å². The zero-order valence-electron chi connectivity index (χ0n) is 13.9. The van der Waals surface area contributed by atoms with Crippen molar-refractivity contribution in [1.82, 2.24) is 10.3 Å². The summed E-state index contributed by atoms with van der Waals surface area (Å²) < 4.78 is 5.83. The first-order valence-corrected chi connectivity index (χ1v) is 8.59. The Bertz CT molecular complexity index is 389. The first-order chi connectivity index (χ1) is 9.52. The largest absolute Gasteiger partial charge is 0.371 e. The predicted molar refractivity (Wildman–Crippen MR) is 87.3 cm³/mol. The second-order valence-electron chi connectivity index (χ2n) is 5.67. The standard InChI is InChI=1S/C16H30N2OS/c1-7-16(8-2,19-6)15-18-13(10-12(4)5)14(20-15)11-17-9-3/h12,17H,7-11H2,1-6H3. The Morgan fingerprint density at radius 3 is 2.35 bits per heavy atom. The molecule has 1 aromatic heterocycles. The molecule has 0 aliphatic heterocycles. The smallest absolute Gasteiger partial charge is 0.125 e. The summed E-state index contributed by atoms with van der Waals surface area (Å²) >= 11 is 1.82. The van der Waals surface area contributed by atoms with E-state index in [0.29, 0.717) is 5.92 Å². The summed E-state index contributed by atoms with van der Waals surface area (Å²) in [7, 11) is 1.81. The molecular weight excluding hydrogens is 268 g/mol. The van der Waals surface area contributed by atoms with Crippen LogP contribution in [0, 0.1) is 5.92 Å². The third-order valence-corrected chi connectivity index (χ3v) is 5.12. The van der Waals surface area contributed by atoms with Crippen molar-refractivity contribution in [3.63, 3.8) is 0 Å². The van der Waals surface area contributed by atoms with E-state index in [1.807, 2.05) is 11.3 Å². The van der Waals surface area contributed by atoms with Crippen LogP contribution in [0.25, 0.3) is 0 Å². The zero-order valence-corrected chi connectivity index (χ0v) is 14.7. The lowest BCUT2D eigenvalue weighted by atomic mass is 9.98. The van der Waals surface area contributed by atoms with E-state index in [1.54, 1.807) is 7.11 Å². The van der Waals surface area contributed by atoms with Gasteiger partial charge in [-0.05, 0) is 31.7 Å². The van der Waals surface area contributed by atoms with Crippen molar-refractivity contribution in [3.8, 4) is 0 Å². The molecular formula is C16H30N2OS. The van der Waals surface area contributed by atoms with E-state index < -0.39 is 0 Å². The second kappa shape index (κ2) is 8.11. The molecule has 0 bridgehead atoms. The summed E-state index contributed by atoms with van der Waals surface area (Å²) in [5.74, 6) is 0.630. The molecule has 0 aliphatic carbocycles. The van der Waals surface area contributed by atoms with Crippen molar-refractivity contribution in [1.29, 1.82) is 0 Å². The quantitative estimate of drug-likeness (QED) is 0.745. The van der Waals surface area contributed by atoms with E-state index in [2.05, 4.69) is 39.9 Å². The van der Waals surface area contributed by atoms with Crippen molar-refractivity contribution in [2.45, 2.75) is 66.0 Å². The highest BCUT2D eigenvalue weighted by Gasteiger charge is 2.32. The van der Waals surface area contributed by atoms with Gasteiger partial charge in [0.1, 0.15) is 10.6 Å². The highest BCUT2D eigenvalue weighted by Crippen LogP contribution is 2.37. The summed E-state index contributed by atoms with van der Waals surface area (Å²) in [6.45, 7) is 12.9. The Hall–Kier alpha value is -0.450. The lowest BCUT2D eigenvalue weighted by Gasteiger charge is -2.27. The number of ether oxygens (including phenoxy) is 1. The van der Waals surface area contributed by atoms with Crippen molar-refractivity contribution in [2.24, 2.45) is 5.92 Å². The number of nitrogens with one attached hydrogen (secondary N) is 1. The van der Waals surface area contributed by atoms with Crippen molar-refractivity contribution in [3.05, 3.63) is 15.6 Å². The highest BCUT2D eigenvalue weighted by molar-refractivity contribution is 7.11. The average Bonchev–Trinajstić information content (AvgIpc) is 2.82. The van der Waals surface area contributed by atoms with E-state index in [0.717, 1.165) is 37.4 Å². The maximum atomic E-state index is 5.83. The molecule has 0 amide bonds. The maximum Gasteiger partial charge on any atom is 0.125 e. The van der Waals surface area contributed by atoms with Gasteiger partial charge in [0, 0.05) is 18.5 Å². The van der Waals surface area contributed by atoms with E-state index in [-0.39, 0.29) is 5.60 Å². The lowest BCUT2D eigenvalue weighted by Crippen LogP contribution is -2.26. The van der Waals surface area contributed by atoms with Crippen LogP contribution in [0.5, 0.6) is 0 Å². The molecule has 4 heteroatoms. The number of hydrogen-bond acceptors (Lipinski definition) is 4. The monoisotopic (exact) mass is 298 g/mol. The van der Waals surface area contributed by atoms with Gasteiger partial charge in [-0.3, -0.25) is 0 Å². The summed E-state index contributed by atoms with van der Waals surface area (Å²) in [6, 6.07) is 0. The van der Waals surface area contributed by atoms with Gasteiger partial charge in [-0.25, -0.2) is 4.98 Å². The van der Waals surface area contributed by atoms with Crippen molar-refractivity contribution >= 4 is 11.3 Å². The Labute approximate surface area is 128 Å². The van der Waals surface area contributed by atoms with Gasteiger partial charge in [-0.15, -0.1) is 11.3 Å². The first-order valence-electron chi connectivity index (χ1n) is 7.77. The minimum absolute atomic E-state index is 0.207.